The number of hydrogen-bond donors (Lipinski definition) is 0. The average molecular weight is 439 g/mol. The van der Waals surface area contributed by atoms with Crippen LogP contribution in [0.3, 0.4) is 0 Å². The Morgan fingerprint density at radius 1 is 0.969 bits per heavy atom. The van der Waals surface area contributed by atoms with Gasteiger partial charge in [-0.3, -0.25) is 14.3 Å². The summed E-state index contributed by atoms with van der Waals surface area (Å²) in [5, 5.41) is 4.55. The molecule has 160 valence electrons. The molecule has 0 saturated heterocycles. The SMILES string of the molecule is O=c1c2cnn(-c3cccc(C(F)(F)F)c3)c2ncn1Cc1ccc(F)c2cccnc12. The van der Waals surface area contributed by atoms with Crippen LogP contribution in [0.4, 0.5) is 17.6 Å². The lowest BCUT2D eigenvalue weighted by Crippen LogP contribution is -2.21. The Kier molecular flexibility index (Phi) is 4.50. The van der Waals surface area contributed by atoms with E-state index in [9.17, 15) is 22.4 Å². The predicted octanol–water partition coefficient (Wildman–Crippen LogP) is 4.34. The van der Waals surface area contributed by atoms with Crippen molar-refractivity contribution < 1.29 is 17.6 Å². The van der Waals surface area contributed by atoms with Gasteiger partial charge in [0.15, 0.2) is 5.65 Å². The quantitative estimate of drug-likeness (QED) is 0.393. The molecule has 0 aliphatic heterocycles. The molecule has 5 rings (SSSR count). The summed E-state index contributed by atoms with van der Waals surface area (Å²) in [5.74, 6) is -0.417. The third kappa shape index (κ3) is 3.29. The van der Waals surface area contributed by atoms with Crippen molar-refractivity contribution >= 4 is 21.9 Å². The highest BCUT2D eigenvalue weighted by Gasteiger charge is 2.30. The molecule has 3 heterocycles. The molecule has 0 spiro atoms. The maximum absolute atomic E-state index is 14.1. The molecule has 5 aromatic rings. The summed E-state index contributed by atoms with van der Waals surface area (Å²) < 4.78 is 55.7. The van der Waals surface area contributed by atoms with Crippen LogP contribution in [0.25, 0.3) is 27.6 Å². The van der Waals surface area contributed by atoms with Crippen LogP contribution in [-0.4, -0.2) is 24.3 Å². The van der Waals surface area contributed by atoms with Gasteiger partial charge in [0.1, 0.15) is 17.5 Å². The molecule has 2 aromatic carbocycles. The predicted molar refractivity (Wildman–Crippen MR) is 109 cm³/mol. The van der Waals surface area contributed by atoms with E-state index in [4.69, 9.17) is 0 Å². The third-order valence-electron chi connectivity index (χ3n) is 5.11. The standard InChI is InChI=1S/C22H13F4N5O/c23-18-7-6-13(19-16(18)5-2-8-27-19)11-30-12-28-20-17(21(30)32)10-29-31(20)15-4-1-3-14(9-15)22(24,25)26/h1-10,12H,11H2. The first-order valence-electron chi connectivity index (χ1n) is 9.46. The Bertz CT molecular complexity index is 1540. The maximum atomic E-state index is 14.1. The Labute approximate surface area is 177 Å². The molecule has 0 aliphatic carbocycles. The van der Waals surface area contributed by atoms with Crippen molar-refractivity contribution in [1.29, 1.82) is 0 Å². The average Bonchev–Trinajstić information content (AvgIpc) is 3.22. The smallest absolute Gasteiger partial charge is 0.294 e. The van der Waals surface area contributed by atoms with Crippen LogP contribution in [0.5, 0.6) is 0 Å². The summed E-state index contributed by atoms with van der Waals surface area (Å²) in [5.41, 5.74) is 0.0554. The van der Waals surface area contributed by atoms with E-state index in [1.807, 2.05) is 0 Å². The first-order valence-corrected chi connectivity index (χ1v) is 9.46. The molecule has 3 aromatic heterocycles. The molecule has 0 saturated carbocycles. The monoisotopic (exact) mass is 439 g/mol. The minimum absolute atomic E-state index is 0.0876. The number of aromatic nitrogens is 5. The zero-order chi connectivity index (χ0) is 22.5. The van der Waals surface area contributed by atoms with Gasteiger partial charge in [-0.2, -0.15) is 18.3 Å². The lowest BCUT2D eigenvalue weighted by atomic mass is 10.1. The van der Waals surface area contributed by atoms with Gasteiger partial charge >= 0.3 is 6.18 Å². The Hall–Kier alpha value is -4.08. The van der Waals surface area contributed by atoms with Crippen LogP contribution in [0.15, 0.2) is 72.0 Å². The highest BCUT2D eigenvalue weighted by atomic mass is 19.4. The van der Waals surface area contributed by atoms with Crippen LogP contribution in [-0.2, 0) is 12.7 Å². The van der Waals surface area contributed by atoms with E-state index in [2.05, 4.69) is 15.1 Å². The maximum Gasteiger partial charge on any atom is 0.416 e. The molecule has 0 unspecified atom stereocenters. The zero-order valence-corrected chi connectivity index (χ0v) is 16.2. The first-order chi connectivity index (χ1) is 15.3. The Morgan fingerprint density at radius 2 is 1.81 bits per heavy atom. The van der Waals surface area contributed by atoms with Gasteiger partial charge in [0.05, 0.1) is 29.5 Å². The van der Waals surface area contributed by atoms with E-state index >= 15 is 0 Å². The van der Waals surface area contributed by atoms with Gasteiger partial charge in [-0.1, -0.05) is 12.1 Å². The van der Waals surface area contributed by atoms with Crippen molar-refractivity contribution in [3.63, 3.8) is 0 Å². The van der Waals surface area contributed by atoms with Crippen molar-refractivity contribution in [2.45, 2.75) is 12.7 Å². The highest BCUT2D eigenvalue weighted by Crippen LogP contribution is 2.30. The second-order valence-electron chi connectivity index (χ2n) is 7.13. The first kappa shape index (κ1) is 19.9. The molecule has 32 heavy (non-hydrogen) atoms. The minimum atomic E-state index is -4.51. The van der Waals surface area contributed by atoms with Gasteiger partial charge in [-0.25, -0.2) is 14.1 Å². The van der Waals surface area contributed by atoms with Crippen molar-refractivity contribution in [3.05, 3.63) is 94.5 Å². The molecular weight excluding hydrogens is 426 g/mol. The fourth-order valence-electron chi connectivity index (χ4n) is 3.57. The van der Waals surface area contributed by atoms with Gasteiger partial charge in [0, 0.05) is 11.6 Å². The molecule has 0 N–H and O–H groups in total. The summed E-state index contributed by atoms with van der Waals surface area (Å²) in [6.07, 6.45) is -0.420. The van der Waals surface area contributed by atoms with Crippen LogP contribution >= 0.6 is 0 Å². The van der Waals surface area contributed by atoms with Gasteiger partial charge in [0.25, 0.3) is 5.56 Å². The number of benzene rings is 2. The minimum Gasteiger partial charge on any atom is -0.294 e. The summed E-state index contributed by atoms with van der Waals surface area (Å²) in [6.45, 7) is 0.0876. The largest absolute Gasteiger partial charge is 0.416 e. The van der Waals surface area contributed by atoms with E-state index in [1.54, 1.807) is 18.2 Å². The van der Waals surface area contributed by atoms with Crippen molar-refractivity contribution in [2.75, 3.05) is 0 Å². The lowest BCUT2D eigenvalue weighted by Gasteiger charge is -2.10. The van der Waals surface area contributed by atoms with E-state index in [0.717, 1.165) is 12.1 Å². The number of nitrogens with zero attached hydrogens (tertiary/aromatic N) is 5. The number of fused-ring (bicyclic) bond motifs is 2. The van der Waals surface area contributed by atoms with E-state index in [0.29, 0.717) is 16.5 Å². The molecule has 6 nitrogen and oxygen atoms in total. The molecule has 0 fully saturated rings. The third-order valence-corrected chi connectivity index (χ3v) is 5.11. The second kappa shape index (κ2) is 7.26. The topological polar surface area (TPSA) is 65.6 Å². The molecule has 0 bridgehead atoms. The van der Waals surface area contributed by atoms with Crippen LogP contribution in [0.2, 0.25) is 0 Å². The van der Waals surface area contributed by atoms with Gasteiger partial charge in [-0.15, -0.1) is 0 Å². The number of hydrogen-bond acceptors (Lipinski definition) is 4. The van der Waals surface area contributed by atoms with E-state index in [-0.39, 0.29) is 23.3 Å². The molecule has 0 radical (unpaired) electrons. The van der Waals surface area contributed by atoms with Crippen LogP contribution in [0.1, 0.15) is 11.1 Å². The number of rotatable bonds is 3. The number of pyridine rings is 1. The molecular formula is C22H13F4N5O. The van der Waals surface area contributed by atoms with Crippen molar-refractivity contribution in [1.82, 2.24) is 24.3 Å². The molecule has 0 aliphatic rings. The number of halogens is 4. The lowest BCUT2D eigenvalue weighted by molar-refractivity contribution is -0.137. The van der Waals surface area contributed by atoms with Crippen molar-refractivity contribution in [2.24, 2.45) is 0 Å². The number of alkyl halides is 3. The highest BCUT2D eigenvalue weighted by molar-refractivity contribution is 5.82. The molecule has 0 atom stereocenters. The second-order valence-corrected chi connectivity index (χ2v) is 7.13. The van der Waals surface area contributed by atoms with Crippen LogP contribution in [0, 0.1) is 5.82 Å². The van der Waals surface area contributed by atoms with Gasteiger partial charge in [0.2, 0.25) is 0 Å². The summed E-state index contributed by atoms with van der Waals surface area (Å²) in [4.78, 5) is 21.5. The van der Waals surface area contributed by atoms with Crippen molar-refractivity contribution in [3.8, 4) is 5.69 Å². The van der Waals surface area contributed by atoms with Crippen LogP contribution < -0.4 is 5.56 Å². The fourth-order valence-corrected chi connectivity index (χ4v) is 3.57. The van der Waals surface area contributed by atoms with E-state index in [1.165, 1.54) is 46.2 Å². The summed E-state index contributed by atoms with van der Waals surface area (Å²) in [6, 6.07) is 10.7. The Morgan fingerprint density at radius 3 is 2.62 bits per heavy atom. The molecule has 0 amide bonds. The molecule has 10 heteroatoms. The fraction of sp³-hybridized carbons (Fsp3) is 0.0909. The Balaban J connectivity index is 1.58. The van der Waals surface area contributed by atoms with E-state index < -0.39 is 23.1 Å². The summed E-state index contributed by atoms with van der Waals surface area (Å²) >= 11 is 0. The zero-order valence-electron chi connectivity index (χ0n) is 16.2. The summed E-state index contributed by atoms with van der Waals surface area (Å²) in [7, 11) is 0. The van der Waals surface area contributed by atoms with Gasteiger partial charge in [-0.05, 0) is 42.0 Å². The normalized spacial score (nSPS) is 12.0. The van der Waals surface area contributed by atoms with Gasteiger partial charge < -0.3 is 0 Å².